The van der Waals surface area contributed by atoms with Gasteiger partial charge in [-0.25, -0.2) is 4.99 Å². The number of nitrogens with zero attached hydrogens (tertiary/aromatic N) is 3. The molecule has 0 saturated carbocycles. The normalized spacial score (nSPS) is 17.1. The second-order valence-corrected chi connectivity index (χ2v) is 6.71. The molecule has 1 aromatic carbocycles. The largest absolute Gasteiger partial charge is 0.496 e. The molecular weight excluding hydrogens is 332 g/mol. The van der Waals surface area contributed by atoms with Crippen LogP contribution in [0.25, 0.3) is 0 Å². The summed E-state index contributed by atoms with van der Waals surface area (Å²) >= 11 is 0. The smallest absolute Gasteiger partial charge is 0.243 e. The molecule has 1 N–H and O–H groups in total. The molecule has 1 heterocycles. The standard InChI is InChI=1S/C19H30N4O3/c1-22(2)18(24)12-21-19(20-11-15-9-10-26-14-15)23(3)13-16-7-5-6-8-17(16)25-4/h5-8,15H,9-14H2,1-4H3,(H,20,21). The number of aliphatic imine (C=N–C) groups is 1. The molecule has 1 saturated heterocycles. The third-order valence-electron chi connectivity index (χ3n) is 4.40. The predicted molar refractivity (Wildman–Crippen MR) is 102 cm³/mol. The molecule has 0 aromatic heterocycles. The van der Waals surface area contributed by atoms with Crippen molar-refractivity contribution in [1.29, 1.82) is 0 Å². The van der Waals surface area contributed by atoms with Gasteiger partial charge in [-0.05, 0) is 12.5 Å². The highest BCUT2D eigenvalue weighted by atomic mass is 16.5. The molecule has 0 aliphatic carbocycles. The number of amides is 1. The molecule has 1 unspecified atom stereocenters. The molecule has 1 aromatic rings. The van der Waals surface area contributed by atoms with E-state index in [2.05, 4.69) is 10.3 Å². The monoisotopic (exact) mass is 362 g/mol. The minimum absolute atomic E-state index is 0.0285. The van der Waals surface area contributed by atoms with Crippen molar-refractivity contribution in [2.24, 2.45) is 10.9 Å². The number of nitrogens with one attached hydrogen (secondary N) is 1. The van der Waals surface area contributed by atoms with Crippen molar-refractivity contribution >= 4 is 11.9 Å². The van der Waals surface area contributed by atoms with Crippen LogP contribution in [0.3, 0.4) is 0 Å². The highest BCUT2D eigenvalue weighted by molar-refractivity contribution is 5.84. The molecule has 1 fully saturated rings. The summed E-state index contributed by atoms with van der Waals surface area (Å²) in [6.07, 6.45) is 1.05. The first-order valence-corrected chi connectivity index (χ1v) is 8.90. The van der Waals surface area contributed by atoms with E-state index in [1.807, 2.05) is 36.2 Å². The summed E-state index contributed by atoms with van der Waals surface area (Å²) in [6, 6.07) is 7.91. The summed E-state index contributed by atoms with van der Waals surface area (Å²) in [5.74, 6) is 1.99. The van der Waals surface area contributed by atoms with E-state index in [9.17, 15) is 4.79 Å². The lowest BCUT2D eigenvalue weighted by Gasteiger charge is -2.24. The van der Waals surface area contributed by atoms with Crippen molar-refractivity contribution in [2.75, 3.05) is 54.6 Å². The molecule has 1 amide bonds. The Morgan fingerprint density at radius 1 is 1.35 bits per heavy atom. The van der Waals surface area contributed by atoms with Crippen molar-refractivity contribution in [3.8, 4) is 5.75 Å². The maximum absolute atomic E-state index is 11.9. The van der Waals surface area contributed by atoms with Gasteiger partial charge in [-0.1, -0.05) is 18.2 Å². The molecule has 0 spiro atoms. The summed E-state index contributed by atoms with van der Waals surface area (Å²) in [5, 5.41) is 3.40. The first-order valence-electron chi connectivity index (χ1n) is 8.90. The van der Waals surface area contributed by atoms with Gasteiger partial charge in [0, 0.05) is 52.3 Å². The number of benzene rings is 1. The zero-order valence-corrected chi connectivity index (χ0v) is 16.2. The average molecular weight is 362 g/mol. The lowest BCUT2D eigenvalue weighted by molar-refractivity contribution is -0.127. The van der Waals surface area contributed by atoms with Crippen molar-refractivity contribution < 1.29 is 14.3 Å². The molecule has 1 aliphatic rings. The van der Waals surface area contributed by atoms with E-state index in [0.717, 1.165) is 37.5 Å². The molecule has 0 bridgehead atoms. The highest BCUT2D eigenvalue weighted by Crippen LogP contribution is 2.19. The zero-order chi connectivity index (χ0) is 18.9. The minimum atomic E-state index is -0.0285. The van der Waals surface area contributed by atoms with E-state index < -0.39 is 0 Å². The SMILES string of the molecule is COc1ccccc1CN(C)C(=NCC(=O)N(C)C)NCC1CCOC1. The third-order valence-corrected chi connectivity index (χ3v) is 4.40. The summed E-state index contributed by atoms with van der Waals surface area (Å²) < 4.78 is 10.9. The summed E-state index contributed by atoms with van der Waals surface area (Å²) in [7, 11) is 7.10. The Kier molecular flexibility index (Phi) is 7.72. The van der Waals surface area contributed by atoms with Crippen LogP contribution in [0.4, 0.5) is 0 Å². The second-order valence-electron chi connectivity index (χ2n) is 6.71. The fourth-order valence-corrected chi connectivity index (χ4v) is 2.74. The number of guanidine groups is 1. The Balaban J connectivity index is 2.06. The number of para-hydroxylation sites is 1. The second kappa shape index (κ2) is 10.0. The number of hydrogen-bond donors (Lipinski definition) is 1. The Morgan fingerprint density at radius 2 is 2.12 bits per heavy atom. The summed E-state index contributed by atoms with van der Waals surface area (Å²) in [4.78, 5) is 20.0. The fourth-order valence-electron chi connectivity index (χ4n) is 2.74. The van der Waals surface area contributed by atoms with Gasteiger partial charge in [0.25, 0.3) is 0 Å². The van der Waals surface area contributed by atoms with Gasteiger partial charge < -0.3 is 24.6 Å². The highest BCUT2D eigenvalue weighted by Gasteiger charge is 2.18. The molecule has 1 atom stereocenters. The number of carbonyl (C=O) groups excluding carboxylic acids is 1. The van der Waals surface area contributed by atoms with Crippen LogP contribution in [0.5, 0.6) is 5.75 Å². The van der Waals surface area contributed by atoms with Crippen LogP contribution in [0.15, 0.2) is 29.3 Å². The van der Waals surface area contributed by atoms with Crippen LogP contribution in [-0.2, 0) is 16.1 Å². The lowest BCUT2D eigenvalue weighted by Crippen LogP contribution is -2.41. The topological polar surface area (TPSA) is 66.4 Å². The first kappa shape index (κ1) is 20.0. The number of hydrogen-bond acceptors (Lipinski definition) is 4. The van der Waals surface area contributed by atoms with Gasteiger partial charge in [-0.3, -0.25) is 4.79 Å². The Morgan fingerprint density at radius 3 is 2.77 bits per heavy atom. The van der Waals surface area contributed by atoms with Gasteiger partial charge in [-0.2, -0.15) is 0 Å². The maximum atomic E-state index is 11.9. The van der Waals surface area contributed by atoms with Gasteiger partial charge in [0.2, 0.25) is 5.91 Å². The lowest BCUT2D eigenvalue weighted by atomic mass is 10.1. The van der Waals surface area contributed by atoms with E-state index in [-0.39, 0.29) is 12.5 Å². The molecule has 1 aliphatic heterocycles. The molecule has 0 radical (unpaired) electrons. The number of rotatable bonds is 7. The van der Waals surface area contributed by atoms with Crippen LogP contribution < -0.4 is 10.1 Å². The van der Waals surface area contributed by atoms with Crippen molar-refractivity contribution in [3.63, 3.8) is 0 Å². The average Bonchev–Trinajstić information content (AvgIpc) is 3.15. The third kappa shape index (κ3) is 5.91. The van der Waals surface area contributed by atoms with Crippen LogP contribution >= 0.6 is 0 Å². The van der Waals surface area contributed by atoms with E-state index >= 15 is 0 Å². The number of carbonyl (C=O) groups is 1. The minimum Gasteiger partial charge on any atom is -0.496 e. The quantitative estimate of drug-likeness (QED) is 0.583. The van der Waals surface area contributed by atoms with Gasteiger partial charge in [0.1, 0.15) is 12.3 Å². The fraction of sp³-hybridized carbons (Fsp3) is 0.579. The Bertz CT molecular complexity index is 613. The predicted octanol–water partition coefficient (Wildman–Crippen LogP) is 1.20. The Labute approximate surface area is 156 Å². The first-order chi connectivity index (χ1) is 12.5. The molecule has 144 valence electrons. The molecule has 2 rings (SSSR count). The zero-order valence-electron chi connectivity index (χ0n) is 16.2. The Hall–Kier alpha value is -2.28. The number of methoxy groups -OCH3 is 1. The van der Waals surface area contributed by atoms with Crippen molar-refractivity contribution in [1.82, 2.24) is 15.1 Å². The number of ether oxygens (including phenoxy) is 2. The number of likely N-dealkylation sites (N-methyl/N-ethyl adjacent to an activating group) is 1. The maximum Gasteiger partial charge on any atom is 0.243 e. The molecule has 26 heavy (non-hydrogen) atoms. The van der Waals surface area contributed by atoms with Crippen molar-refractivity contribution in [3.05, 3.63) is 29.8 Å². The molecular formula is C19H30N4O3. The summed E-state index contributed by atoms with van der Waals surface area (Å²) in [6.45, 7) is 3.12. The van der Waals surface area contributed by atoms with Crippen LogP contribution in [0.2, 0.25) is 0 Å². The van der Waals surface area contributed by atoms with Gasteiger partial charge in [0.05, 0.1) is 13.7 Å². The van der Waals surface area contributed by atoms with E-state index in [1.165, 1.54) is 0 Å². The molecule has 7 heteroatoms. The molecule has 7 nitrogen and oxygen atoms in total. The van der Waals surface area contributed by atoms with Gasteiger partial charge >= 0.3 is 0 Å². The van der Waals surface area contributed by atoms with Crippen LogP contribution in [0.1, 0.15) is 12.0 Å². The van der Waals surface area contributed by atoms with Gasteiger partial charge in [-0.15, -0.1) is 0 Å². The van der Waals surface area contributed by atoms with E-state index in [1.54, 1.807) is 26.1 Å². The summed E-state index contributed by atoms with van der Waals surface area (Å²) in [5.41, 5.74) is 1.06. The van der Waals surface area contributed by atoms with Crippen LogP contribution in [0, 0.1) is 5.92 Å². The van der Waals surface area contributed by atoms with E-state index in [0.29, 0.717) is 18.4 Å². The van der Waals surface area contributed by atoms with Gasteiger partial charge in [0.15, 0.2) is 5.96 Å². The van der Waals surface area contributed by atoms with E-state index in [4.69, 9.17) is 9.47 Å². The van der Waals surface area contributed by atoms with Crippen LogP contribution in [-0.4, -0.2) is 76.2 Å². The van der Waals surface area contributed by atoms with Crippen molar-refractivity contribution in [2.45, 2.75) is 13.0 Å².